The van der Waals surface area contributed by atoms with E-state index in [0.29, 0.717) is 6.61 Å². The Kier molecular flexibility index (Phi) is 5.56. The largest absolute Gasteiger partial charge is 0.448 e. The van der Waals surface area contributed by atoms with Crippen molar-refractivity contribution in [3.8, 4) is 11.1 Å². The monoisotopic (exact) mass is 406 g/mol. The van der Waals surface area contributed by atoms with Crippen molar-refractivity contribution >= 4 is 24.2 Å². The van der Waals surface area contributed by atoms with E-state index in [0.717, 1.165) is 30.8 Å². The van der Waals surface area contributed by atoms with Crippen molar-refractivity contribution in [2.45, 2.75) is 18.9 Å². The highest BCUT2D eigenvalue weighted by molar-refractivity contribution is 5.86. The summed E-state index contributed by atoms with van der Waals surface area (Å²) in [6, 6.07) is 22.8. The Hall–Kier alpha value is -2.82. The van der Waals surface area contributed by atoms with Gasteiger partial charge in [0.15, 0.2) is 0 Å². The molecule has 4 nitrogen and oxygen atoms in total. The van der Waals surface area contributed by atoms with Crippen LogP contribution in [0.5, 0.6) is 0 Å². The van der Waals surface area contributed by atoms with Gasteiger partial charge in [-0.3, -0.25) is 5.32 Å². The van der Waals surface area contributed by atoms with Crippen molar-refractivity contribution < 1.29 is 9.53 Å². The second kappa shape index (κ2) is 8.27. The summed E-state index contributed by atoms with van der Waals surface area (Å²) in [6.45, 7) is 2.07. The van der Waals surface area contributed by atoms with Gasteiger partial charge in [0.05, 0.1) is 0 Å². The first-order valence-electron chi connectivity index (χ1n) is 9.75. The molecule has 0 fully saturated rings. The topological polar surface area (TPSA) is 50.4 Å². The van der Waals surface area contributed by atoms with E-state index in [-0.39, 0.29) is 18.3 Å². The first-order valence-corrected chi connectivity index (χ1v) is 9.75. The van der Waals surface area contributed by atoms with E-state index in [4.69, 9.17) is 4.74 Å². The van der Waals surface area contributed by atoms with Gasteiger partial charge >= 0.3 is 6.09 Å². The summed E-state index contributed by atoms with van der Waals surface area (Å²) in [4.78, 5) is 12.5. The lowest BCUT2D eigenvalue weighted by Crippen LogP contribution is -2.26. The van der Waals surface area contributed by atoms with Crippen LogP contribution in [0.1, 0.15) is 28.2 Å². The quantitative estimate of drug-likeness (QED) is 0.635. The lowest BCUT2D eigenvalue weighted by Gasteiger charge is -2.21. The van der Waals surface area contributed by atoms with Gasteiger partial charge in [-0.15, -0.1) is 12.4 Å². The normalized spacial score (nSPS) is 14.2. The molecular weight excluding hydrogens is 384 g/mol. The number of benzene rings is 3. The van der Waals surface area contributed by atoms with Gasteiger partial charge in [-0.2, -0.15) is 0 Å². The fourth-order valence-corrected chi connectivity index (χ4v) is 4.38. The lowest BCUT2D eigenvalue weighted by molar-refractivity contribution is 0.158. The number of hydrogen-bond donors (Lipinski definition) is 2. The third-order valence-corrected chi connectivity index (χ3v) is 5.73. The van der Waals surface area contributed by atoms with Crippen LogP contribution in [0.2, 0.25) is 0 Å². The number of carbonyl (C=O) groups excluding carboxylic acids is 1. The van der Waals surface area contributed by atoms with Gasteiger partial charge in [0.25, 0.3) is 0 Å². The van der Waals surface area contributed by atoms with Crippen LogP contribution in [0.25, 0.3) is 11.1 Å². The summed E-state index contributed by atoms with van der Waals surface area (Å²) in [7, 11) is 0. The van der Waals surface area contributed by atoms with Gasteiger partial charge in [-0.1, -0.05) is 60.7 Å². The van der Waals surface area contributed by atoms with Crippen molar-refractivity contribution in [3.63, 3.8) is 0 Å². The molecule has 5 heteroatoms. The molecule has 148 valence electrons. The maximum atomic E-state index is 12.5. The highest BCUT2D eigenvalue weighted by Crippen LogP contribution is 2.44. The van der Waals surface area contributed by atoms with Crippen molar-refractivity contribution in [1.82, 2.24) is 5.32 Å². The van der Waals surface area contributed by atoms with E-state index in [1.807, 2.05) is 24.3 Å². The number of carbonyl (C=O) groups is 1. The van der Waals surface area contributed by atoms with Crippen LogP contribution in [0.4, 0.5) is 10.5 Å². The molecule has 3 aromatic carbocycles. The smallest absolute Gasteiger partial charge is 0.411 e. The van der Waals surface area contributed by atoms with Gasteiger partial charge in [0.2, 0.25) is 0 Å². The van der Waals surface area contributed by atoms with Crippen LogP contribution in [-0.4, -0.2) is 19.2 Å². The van der Waals surface area contributed by atoms with E-state index < -0.39 is 6.09 Å². The van der Waals surface area contributed by atoms with Gasteiger partial charge in [-0.05, 0) is 52.4 Å². The van der Waals surface area contributed by atoms with E-state index in [1.54, 1.807) is 0 Å². The molecule has 0 saturated heterocycles. The van der Waals surface area contributed by atoms with Crippen LogP contribution in [0, 0.1) is 0 Å². The summed E-state index contributed by atoms with van der Waals surface area (Å²) >= 11 is 0. The highest BCUT2D eigenvalue weighted by Gasteiger charge is 2.29. The Morgan fingerprint density at radius 2 is 1.66 bits per heavy atom. The molecule has 0 aromatic heterocycles. The van der Waals surface area contributed by atoms with Crippen molar-refractivity contribution in [1.29, 1.82) is 0 Å². The molecule has 1 heterocycles. The van der Waals surface area contributed by atoms with Crippen molar-refractivity contribution in [2.75, 3.05) is 18.5 Å². The molecular formula is C24H23ClN2O2. The van der Waals surface area contributed by atoms with E-state index in [1.165, 1.54) is 27.8 Å². The second-order valence-corrected chi connectivity index (χ2v) is 7.32. The summed E-state index contributed by atoms with van der Waals surface area (Å²) in [5.74, 6) is 0.0736. The van der Waals surface area contributed by atoms with Crippen LogP contribution >= 0.6 is 12.4 Å². The minimum absolute atomic E-state index is 0. The Morgan fingerprint density at radius 1 is 0.966 bits per heavy atom. The molecule has 0 atom stereocenters. The predicted octanol–water partition coefficient (Wildman–Crippen LogP) is 5.12. The van der Waals surface area contributed by atoms with Crippen molar-refractivity contribution in [3.05, 3.63) is 89.0 Å². The molecule has 0 spiro atoms. The molecule has 0 unspecified atom stereocenters. The summed E-state index contributed by atoms with van der Waals surface area (Å²) in [6.07, 6.45) is 0.580. The number of amides is 1. The Balaban J connectivity index is 0.00000205. The van der Waals surface area contributed by atoms with E-state index in [2.05, 4.69) is 53.1 Å². The fraction of sp³-hybridized carbons (Fsp3) is 0.208. The van der Waals surface area contributed by atoms with Crippen LogP contribution < -0.4 is 10.6 Å². The first-order chi connectivity index (χ1) is 13.8. The molecule has 5 rings (SSSR count). The zero-order valence-electron chi connectivity index (χ0n) is 16.0. The predicted molar refractivity (Wildman–Crippen MR) is 118 cm³/mol. The second-order valence-electron chi connectivity index (χ2n) is 7.32. The zero-order chi connectivity index (χ0) is 18.9. The minimum atomic E-state index is -0.402. The maximum Gasteiger partial charge on any atom is 0.411 e. The fourth-order valence-electron chi connectivity index (χ4n) is 4.38. The SMILES string of the molecule is Cl.O=C(Nc1cccc2c1CNCC2)OCC1c2ccccc2-c2ccccc21. The Morgan fingerprint density at radius 3 is 2.38 bits per heavy atom. The highest BCUT2D eigenvalue weighted by atomic mass is 35.5. The molecule has 1 aliphatic heterocycles. The number of ether oxygens (including phenoxy) is 1. The van der Waals surface area contributed by atoms with Crippen LogP contribution in [0.15, 0.2) is 66.7 Å². The number of nitrogens with one attached hydrogen (secondary N) is 2. The lowest BCUT2D eigenvalue weighted by atomic mass is 9.98. The van der Waals surface area contributed by atoms with Crippen LogP contribution in [-0.2, 0) is 17.7 Å². The zero-order valence-corrected chi connectivity index (χ0v) is 16.8. The molecule has 2 aliphatic rings. The van der Waals surface area contributed by atoms with E-state index in [9.17, 15) is 4.79 Å². The van der Waals surface area contributed by atoms with Gasteiger partial charge in [0, 0.05) is 18.2 Å². The number of hydrogen-bond acceptors (Lipinski definition) is 3. The Labute approximate surface area is 176 Å². The molecule has 1 aliphatic carbocycles. The molecule has 3 aromatic rings. The van der Waals surface area contributed by atoms with Gasteiger partial charge < -0.3 is 10.1 Å². The third kappa shape index (κ3) is 3.61. The van der Waals surface area contributed by atoms with Gasteiger partial charge in [0.1, 0.15) is 6.61 Å². The molecule has 0 bridgehead atoms. The van der Waals surface area contributed by atoms with E-state index >= 15 is 0 Å². The average molecular weight is 407 g/mol. The Bertz CT molecular complexity index is 1010. The summed E-state index contributed by atoms with van der Waals surface area (Å²) in [5, 5.41) is 6.30. The number of halogens is 1. The average Bonchev–Trinajstić information content (AvgIpc) is 3.06. The van der Waals surface area contributed by atoms with Crippen molar-refractivity contribution in [2.24, 2.45) is 0 Å². The summed E-state index contributed by atoms with van der Waals surface area (Å²) in [5.41, 5.74) is 8.18. The standard InChI is InChI=1S/C24H22N2O2.ClH/c27-24(26-23-11-5-6-16-12-13-25-14-21(16)23)28-15-22-19-9-3-1-7-17(19)18-8-2-4-10-20(18)22;/h1-11,22,25H,12-15H2,(H,26,27);1H. The number of anilines is 1. The first kappa shape index (κ1) is 19.5. The van der Waals surface area contributed by atoms with Gasteiger partial charge in [-0.25, -0.2) is 4.79 Å². The third-order valence-electron chi connectivity index (χ3n) is 5.73. The number of fused-ring (bicyclic) bond motifs is 4. The minimum Gasteiger partial charge on any atom is -0.448 e. The summed E-state index contributed by atoms with van der Waals surface area (Å²) < 4.78 is 5.66. The molecule has 0 radical (unpaired) electrons. The maximum absolute atomic E-state index is 12.5. The molecule has 0 saturated carbocycles. The molecule has 29 heavy (non-hydrogen) atoms. The molecule has 2 N–H and O–H groups in total. The molecule has 1 amide bonds. The van der Waals surface area contributed by atoms with Crippen LogP contribution in [0.3, 0.4) is 0 Å². The number of rotatable bonds is 3.